The number of benzene rings is 2. The first kappa shape index (κ1) is 18.5. The van der Waals surface area contributed by atoms with E-state index in [9.17, 15) is 14.9 Å². The Morgan fingerprint density at radius 1 is 1.07 bits per heavy atom. The minimum Gasteiger partial charge on any atom is -0.496 e. The van der Waals surface area contributed by atoms with Gasteiger partial charge in [0.15, 0.2) is 6.10 Å². The number of carbonyl (C=O) groups excluding carboxylic acids is 1. The molecule has 1 heterocycles. The van der Waals surface area contributed by atoms with Gasteiger partial charge >= 0.3 is 0 Å². The van der Waals surface area contributed by atoms with Crippen molar-refractivity contribution in [2.45, 2.75) is 43.7 Å². The summed E-state index contributed by atoms with van der Waals surface area (Å²) in [5.74, 6) is 0.417. The van der Waals surface area contributed by atoms with Crippen LogP contribution in [-0.2, 0) is 4.79 Å². The number of nitrogens with zero attached hydrogens (tertiary/aromatic N) is 1. The van der Waals surface area contributed by atoms with E-state index in [1.807, 2.05) is 36.4 Å². The van der Waals surface area contributed by atoms with Crippen LogP contribution in [0, 0.1) is 16.0 Å². The Bertz CT molecular complexity index is 896. The second-order valence-corrected chi connectivity index (χ2v) is 7.44. The molecule has 4 atom stereocenters. The van der Waals surface area contributed by atoms with E-state index in [0.717, 1.165) is 18.4 Å². The molecule has 0 N–H and O–H groups in total. The summed E-state index contributed by atoms with van der Waals surface area (Å²) in [6.07, 6.45) is 2.13. The number of ketones is 1. The van der Waals surface area contributed by atoms with Crippen molar-refractivity contribution in [3.8, 4) is 11.5 Å². The van der Waals surface area contributed by atoms with Gasteiger partial charge in [-0.1, -0.05) is 42.8 Å². The molecule has 0 saturated heterocycles. The zero-order chi connectivity index (χ0) is 19.7. The van der Waals surface area contributed by atoms with Crippen molar-refractivity contribution in [3.63, 3.8) is 0 Å². The van der Waals surface area contributed by atoms with Crippen LogP contribution >= 0.6 is 0 Å². The fraction of sp³-hybridized carbons (Fsp3) is 0.409. The minimum atomic E-state index is -1.06. The SMILES string of the molecule is COc1ccccc1[C@H]1Oc2ccccc2[C@H]([C@H]2CCCCC2=O)[C@H]1[N+](=O)[O-]. The zero-order valence-electron chi connectivity index (χ0n) is 15.7. The van der Waals surface area contributed by atoms with Crippen LogP contribution in [0.3, 0.4) is 0 Å². The Morgan fingerprint density at radius 3 is 2.50 bits per heavy atom. The van der Waals surface area contributed by atoms with E-state index in [1.54, 1.807) is 19.2 Å². The lowest BCUT2D eigenvalue weighted by atomic mass is 9.69. The van der Waals surface area contributed by atoms with Crippen LogP contribution in [0.2, 0.25) is 0 Å². The second-order valence-electron chi connectivity index (χ2n) is 7.44. The van der Waals surface area contributed by atoms with Gasteiger partial charge in [-0.3, -0.25) is 14.9 Å². The molecule has 0 spiro atoms. The first-order chi connectivity index (χ1) is 13.6. The summed E-state index contributed by atoms with van der Waals surface area (Å²) in [4.78, 5) is 24.8. The Balaban J connectivity index is 1.87. The number of fused-ring (bicyclic) bond motifs is 1. The van der Waals surface area contributed by atoms with Crippen LogP contribution in [0.25, 0.3) is 0 Å². The van der Waals surface area contributed by atoms with Crippen LogP contribution in [0.15, 0.2) is 48.5 Å². The zero-order valence-corrected chi connectivity index (χ0v) is 15.7. The third kappa shape index (κ3) is 3.13. The molecule has 0 radical (unpaired) electrons. The van der Waals surface area contributed by atoms with Crippen molar-refractivity contribution in [1.82, 2.24) is 0 Å². The topological polar surface area (TPSA) is 78.7 Å². The van der Waals surface area contributed by atoms with Crippen molar-refractivity contribution < 1.29 is 19.2 Å². The first-order valence-corrected chi connectivity index (χ1v) is 9.66. The molecule has 1 aliphatic heterocycles. The Hall–Kier alpha value is -2.89. The van der Waals surface area contributed by atoms with Gasteiger partial charge in [0.1, 0.15) is 17.3 Å². The van der Waals surface area contributed by atoms with Crippen molar-refractivity contribution in [3.05, 3.63) is 69.8 Å². The highest BCUT2D eigenvalue weighted by Gasteiger charge is 2.52. The number of methoxy groups -OCH3 is 1. The minimum absolute atomic E-state index is 0.124. The van der Waals surface area contributed by atoms with E-state index < -0.39 is 18.1 Å². The Morgan fingerprint density at radius 2 is 1.79 bits per heavy atom. The van der Waals surface area contributed by atoms with Gasteiger partial charge in [-0.15, -0.1) is 0 Å². The van der Waals surface area contributed by atoms with Crippen molar-refractivity contribution in [1.29, 1.82) is 0 Å². The molecule has 0 aromatic heterocycles. The Labute approximate surface area is 163 Å². The first-order valence-electron chi connectivity index (χ1n) is 9.66. The quantitative estimate of drug-likeness (QED) is 0.582. The molecule has 0 unspecified atom stereocenters. The largest absolute Gasteiger partial charge is 0.496 e. The van der Waals surface area contributed by atoms with Crippen LogP contribution in [0.1, 0.15) is 48.8 Å². The number of hydrogen-bond donors (Lipinski definition) is 0. The standard InChI is InChI=1S/C22H23NO5/c1-27-18-12-6-4-10-16(18)22-21(23(25)26)20(14-8-2-5-11-17(14)24)15-9-3-7-13-19(15)28-22/h3-4,6-7,9-10,12-14,20-22H,2,5,8,11H2,1H3/t14-,20-,21+,22+/m0/s1. The monoisotopic (exact) mass is 381 g/mol. The fourth-order valence-electron chi connectivity index (χ4n) is 4.68. The van der Waals surface area contributed by atoms with Gasteiger partial charge in [0.05, 0.1) is 13.0 Å². The third-order valence-electron chi connectivity index (χ3n) is 5.93. The summed E-state index contributed by atoms with van der Waals surface area (Å²) < 4.78 is 11.6. The number of rotatable bonds is 4. The Kier molecular flexibility index (Phi) is 5.03. The average Bonchev–Trinajstić information content (AvgIpc) is 2.72. The molecule has 6 nitrogen and oxygen atoms in total. The summed E-state index contributed by atoms with van der Waals surface area (Å²) in [6, 6.07) is 13.5. The molecule has 6 heteroatoms. The molecule has 1 saturated carbocycles. The molecule has 146 valence electrons. The lowest BCUT2D eigenvalue weighted by Gasteiger charge is -2.39. The van der Waals surface area contributed by atoms with E-state index in [-0.39, 0.29) is 16.6 Å². The van der Waals surface area contributed by atoms with Crippen LogP contribution in [0.4, 0.5) is 0 Å². The molecule has 1 aliphatic carbocycles. The summed E-state index contributed by atoms with van der Waals surface area (Å²) in [5.41, 5.74) is 1.39. The van der Waals surface area contributed by atoms with Crippen molar-refractivity contribution in [2.24, 2.45) is 5.92 Å². The second kappa shape index (κ2) is 7.62. The van der Waals surface area contributed by atoms with Gasteiger partial charge in [-0.25, -0.2) is 0 Å². The number of hydrogen-bond acceptors (Lipinski definition) is 5. The molecular formula is C22H23NO5. The van der Waals surface area contributed by atoms with Crippen LogP contribution in [-0.4, -0.2) is 23.9 Å². The van der Waals surface area contributed by atoms with Gasteiger partial charge in [-0.2, -0.15) is 0 Å². The highest BCUT2D eigenvalue weighted by molar-refractivity contribution is 5.83. The maximum atomic E-state index is 12.7. The number of carbonyl (C=O) groups is 1. The van der Waals surface area contributed by atoms with Gasteiger partial charge < -0.3 is 9.47 Å². The van der Waals surface area contributed by atoms with Crippen molar-refractivity contribution in [2.75, 3.05) is 7.11 Å². The molecule has 2 aliphatic rings. The van der Waals surface area contributed by atoms with Crippen molar-refractivity contribution >= 4 is 5.78 Å². The van der Waals surface area contributed by atoms with Gasteiger partial charge in [0.25, 0.3) is 6.04 Å². The van der Waals surface area contributed by atoms with E-state index >= 15 is 0 Å². The molecule has 2 aromatic rings. The van der Waals surface area contributed by atoms with E-state index in [1.165, 1.54) is 0 Å². The number of Topliss-reactive ketones (excluding diaryl/α,β-unsaturated/α-hetero) is 1. The molecule has 1 fully saturated rings. The maximum absolute atomic E-state index is 12.7. The summed E-state index contributed by atoms with van der Waals surface area (Å²) in [6.45, 7) is 0. The van der Waals surface area contributed by atoms with Gasteiger partial charge in [-0.05, 0) is 25.0 Å². The fourth-order valence-corrected chi connectivity index (χ4v) is 4.68. The lowest BCUT2D eigenvalue weighted by Crippen LogP contribution is -2.45. The molecule has 4 rings (SSSR count). The van der Waals surface area contributed by atoms with Gasteiger partial charge in [0.2, 0.25) is 0 Å². The predicted octanol–water partition coefficient (Wildman–Crippen LogP) is 4.32. The number of para-hydroxylation sites is 2. The normalized spacial score (nSPS) is 26.8. The smallest absolute Gasteiger partial charge is 0.261 e. The van der Waals surface area contributed by atoms with Crippen LogP contribution in [0.5, 0.6) is 11.5 Å². The highest BCUT2D eigenvalue weighted by Crippen LogP contribution is 2.50. The van der Waals surface area contributed by atoms with Crippen LogP contribution < -0.4 is 9.47 Å². The predicted molar refractivity (Wildman–Crippen MR) is 103 cm³/mol. The molecule has 0 amide bonds. The lowest BCUT2D eigenvalue weighted by molar-refractivity contribution is -0.541. The third-order valence-corrected chi connectivity index (χ3v) is 5.93. The van der Waals surface area contributed by atoms with E-state index in [2.05, 4.69) is 0 Å². The molecule has 2 aromatic carbocycles. The number of nitro groups is 1. The summed E-state index contributed by atoms with van der Waals surface area (Å²) in [7, 11) is 1.54. The van der Waals surface area contributed by atoms with E-state index in [4.69, 9.17) is 9.47 Å². The van der Waals surface area contributed by atoms with E-state index in [0.29, 0.717) is 29.9 Å². The van der Waals surface area contributed by atoms with Gasteiger partial charge in [0, 0.05) is 28.4 Å². The maximum Gasteiger partial charge on any atom is 0.261 e. The highest BCUT2D eigenvalue weighted by atomic mass is 16.6. The number of ether oxygens (including phenoxy) is 2. The average molecular weight is 381 g/mol. The molecular weight excluding hydrogens is 358 g/mol. The molecule has 0 bridgehead atoms. The summed E-state index contributed by atoms with van der Waals surface area (Å²) in [5, 5.41) is 12.3. The summed E-state index contributed by atoms with van der Waals surface area (Å²) >= 11 is 0. The molecule has 28 heavy (non-hydrogen) atoms.